The minimum Gasteiger partial charge on any atom is -0.490 e. The average Bonchev–Trinajstić information content (AvgIpc) is 3.03. The predicted octanol–water partition coefficient (Wildman–Crippen LogP) is 3.90. The summed E-state index contributed by atoms with van der Waals surface area (Å²) in [7, 11) is 0. The first kappa shape index (κ1) is 23.6. The number of hydrazine groups is 1. The lowest BCUT2D eigenvalue weighted by Gasteiger charge is -2.14. The summed E-state index contributed by atoms with van der Waals surface area (Å²) in [6.45, 7) is 3.81. The summed E-state index contributed by atoms with van der Waals surface area (Å²) >= 11 is 9.41. The lowest BCUT2D eigenvalue weighted by Crippen LogP contribution is -2.35. The second-order valence-corrected chi connectivity index (χ2v) is 7.76. The molecule has 1 heterocycles. The standard InChI is InChI=1S/C22H20BrClN2O6/c1-3-30-18-9-13(17(23)11-19(18)32-12-20(27)31-4-2)8-16-21(28)25-26(22(16)29)15-7-5-6-14(24)10-15/h5-11H,3-4,12H2,1-2H3,(H,25,28). The van der Waals surface area contributed by atoms with Crippen LogP contribution in [0.4, 0.5) is 5.69 Å². The Morgan fingerprint density at radius 3 is 2.56 bits per heavy atom. The maximum absolute atomic E-state index is 12.9. The molecule has 3 rings (SSSR count). The molecule has 1 aliphatic heterocycles. The van der Waals surface area contributed by atoms with Crippen molar-refractivity contribution in [3.8, 4) is 11.5 Å². The van der Waals surface area contributed by atoms with Crippen LogP contribution < -0.4 is 19.9 Å². The van der Waals surface area contributed by atoms with Crippen molar-refractivity contribution in [2.24, 2.45) is 0 Å². The van der Waals surface area contributed by atoms with Crippen LogP contribution in [0.15, 0.2) is 46.4 Å². The van der Waals surface area contributed by atoms with Crippen molar-refractivity contribution < 1.29 is 28.6 Å². The van der Waals surface area contributed by atoms with Gasteiger partial charge in [-0.25, -0.2) is 9.80 Å². The van der Waals surface area contributed by atoms with E-state index in [-0.39, 0.29) is 18.8 Å². The van der Waals surface area contributed by atoms with Crippen molar-refractivity contribution in [2.45, 2.75) is 13.8 Å². The molecule has 168 valence electrons. The number of nitrogens with one attached hydrogen (secondary N) is 1. The van der Waals surface area contributed by atoms with Gasteiger partial charge in [0.05, 0.1) is 18.9 Å². The summed E-state index contributed by atoms with van der Waals surface area (Å²) < 4.78 is 16.5. The first-order chi connectivity index (χ1) is 15.3. The number of rotatable bonds is 8. The number of nitrogens with zero attached hydrogens (tertiary/aromatic N) is 1. The van der Waals surface area contributed by atoms with Crippen molar-refractivity contribution in [3.63, 3.8) is 0 Å². The predicted molar refractivity (Wildman–Crippen MR) is 122 cm³/mol. The summed E-state index contributed by atoms with van der Waals surface area (Å²) in [5.41, 5.74) is 3.42. The summed E-state index contributed by atoms with van der Waals surface area (Å²) in [6.07, 6.45) is 1.45. The van der Waals surface area contributed by atoms with Crippen LogP contribution in [-0.4, -0.2) is 37.6 Å². The molecule has 0 unspecified atom stereocenters. The highest BCUT2D eigenvalue weighted by molar-refractivity contribution is 9.10. The number of halogens is 2. The molecule has 0 atom stereocenters. The zero-order chi connectivity index (χ0) is 23.3. The quantitative estimate of drug-likeness (QED) is 0.320. The fraction of sp³-hybridized carbons (Fsp3) is 0.227. The third-order valence-electron chi connectivity index (χ3n) is 4.27. The lowest BCUT2D eigenvalue weighted by molar-refractivity contribution is -0.145. The molecular formula is C22H20BrClN2O6. The fourth-order valence-corrected chi connectivity index (χ4v) is 3.51. The molecule has 0 saturated carbocycles. The molecule has 2 aromatic rings. The summed E-state index contributed by atoms with van der Waals surface area (Å²) in [5, 5.41) is 1.57. The number of carbonyl (C=O) groups is 3. The third-order valence-corrected chi connectivity index (χ3v) is 5.19. The van der Waals surface area contributed by atoms with Crippen molar-refractivity contribution in [1.29, 1.82) is 0 Å². The molecule has 1 saturated heterocycles. The van der Waals surface area contributed by atoms with Crippen LogP contribution in [0.2, 0.25) is 5.02 Å². The van der Waals surface area contributed by atoms with Crippen molar-refractivity contribution in [2.75, 3.05) is 24.8 Å². The van der Waals surface area contributed by atoms with E-state index < -0.39 is 17.8 Å². The van der Waals surface area contributed by atoms with Gasteiger partial charge in [-0.15, -0.1) is 0 Å². The highest BCUT2D eigenvalue weighted by Crippen LogP contribution is 2.35. The highest BCUT2D eigenvalue weighted by atomic mass is 79.9. The maximum Gasteiger partial charge on any atom is 0.344 e. The highest BCUT2D eigenvalue weighted by Gasteiger charge is 2.34. The Hall–Kier alpha value is -3.04. The van der Waals surface area contributed by atoms with Crippen LogP contribution in [0.5, 0.6) is 11.5 Å². The molecule has 32 heavy (non-hydrogen) atoms. The number of carbonyl (C=O) groups excluding carboxylic acids is 3. The SMILES string of the molecule is CCOC(=O)COc1cc(Br)c(C=C2C(=O)NN(c3cccc(Cl)c3)C2=O)cc1OCC. The molecule has 8 nitrogen and oxygen atoms in total. The van der Waals surface area contributed by atoms with E-state index in [9.17, 15) is 14.4 Å². The largest absolute Gasteiger partial charge is 0.490 e. The van der Waals surface area contributed by atoms with Crippen molar-refractivity contribution in [3.05, 3.63) is 57.0 Å². The number of amides is 2. The fourth-order valence-electron chi connectivity index (χ4n) is 2.89. The molecule has 1 fully saturated rings. The van der Waals surface area contributed by atoms with Crippen LogP contribution >= 0.6 is 27.5 Å². The number of esters is 1. The van der Waals surface area contributed by atoms with Crippen LogP contribution in [0.3, 0.4) is 0 Å². The Balaban J connectivity index is 1.90. The minimum absolute atomic E-state index is 0.0617. The van der Waals surface area contributed by atoms with Crippen LogP contribution in [-0.2, 0) is 19.1 Å². The third kappa shape index (κ3) is 5.41. The molecule has 0 bridgehead atoms. The Morgan fingerprint density at radius 1 is 1.12 bits per heavy atom. The van der Waals surface area contributed by atoms with E-state index in [4.69, 9.17) is 25.8 Å². The van der Waals surface area contributed by atoms with E-state index in [1.54, 1.807) is 50.2 Å². The second kappa shape index (κ2) is 10.5. The smallest absolute Gasteiger partial charge is 0.344 e. The van der Waals surface area contributed by atoms with Gasteiger partial charge in [0.25, 0.3) is 11.8 Å². The van der Waals surface area contributed by atoms with E-state index in [2.05, 4.69) is 21.4 Å². The molecule has 0 radical (unpaired) electrons. The van der Waals surface area contributed by atoms with Gasteiger partial charge in [-0.3, -0.25) is 15.0 Å². The molecule has 2 aromatic carbocycles. The van der Waals surface area contributed by atoms with E-state index in [1.807, 2.05) is 0 Å². The molecule has 10 heteroatoms. The summed E-state index contributed by atoms with van der Waals surface area (Å²) in [6, 6.07) is 9.79. The molecule has 1 N–H and O–H groups in total. The van der Waals surface area contributed by atoms with E-state index >= 15 is 0 Å². The minimum atomic E-state index is -0.553. The molecule has 0 aromatic heterocycles. The van der Waals surface area contributed by atoms with Gasteiger partial charge in [0, 0.05) is 9.50 Å². The number of anilines is 1. The first-order valence-corrected chi connectivity index (χ1v) is 10.9. The Bertz CT molecular complexity index is 1090. The lowest BCUT2D eigenvalue weighted by atomic mass is 10.1. The van der Waals surface area contributed by atoms with Gasteiger partial charge >= 0.3 is 5.97 Å². The van der Waals surface area contributed by atoms with Crippen LogP contribution in [0.1, 0.15) is 19.4 Å². The molecule has 0 spiro atoms. The Kier molecular flexibility index (Phi) is 7.76. The van der Waals surface area contributed by atoms with Gasteiger partial charge in [-0.2, -0.15) is 0 Å². The Labute approximate surface area is 198 Å². The first-order valence-electron chi connectivity index (χ1n) is 9.71. The van der Waals surface area contributed by atoms with Gasteiger partial charge in [0.2, 0.25) is 0 Å². The van der Waals surface area contributed by atoms with E-state index in [1.165, 1.54) is 6.08 Å². The average molecular weight is 524 g/mol. The number of benzene rings is 2. The second-order valence-electron chi connectivity index (χ2n) is 6.47. The zero-order valence-electron chi connectivity index (χ0n) is 17.3. The normalized spacial score (nSPS) is 14.5. The zero-order valence-corrected chi connectivity index (χ0v) is 19.7. The maximum atomic E-state index is 12.9. The van der Waals surface area contributed by atoms with Crippen molar-refractivity contribution in [1.82, 2.24) is 5.43 Å². The summed E-state index contributed by atoms with van der Waals surface area (Å²) in [5.74, 6) is -0.917. The van der Waals surface area contributed by atoms with E-state index in [0.717, 1.165) is 5.01 Å². The van der Waals surface area contributed by atoms with Crippen molar-refractivity contribution >= 4 is 57.1 Å². The molecule has 2 amide bonds. The van der Waals surface area contributed by atoms with Crippen LogP contribution in [0, 0.1) is 0 Å². The number of hydrogen-bond donors (Lipinski definition) is 1. The Morgan fingerprint density at radius 2 is 1.88 bits per heavy atom. The van der Waals surface area contributed by atoms with Gasteiger partial charge in [-0.1, -0.05) is 33.6 Å². The molecule has 1 aliphatic rings. The molecular weight excluding hydrogens is 504 g/mol. The van der Waals surface area contributed by atoms with E-state index in [0.29, 0.717) is 38.9 Å². The van der Waals surface area contributed by atoms with Gasteiger partial charge in [0.15, 0.2) is 18.1 Å². The topological polar surface area (TPSA) is 94.2 Å². The summed E-state index contributed by atoms with van der Waals surface area (Å²) in [4.78, 5) is 37.0. The number of ether oxygens (including phenoxy) is 3. The monoisotopic (exact) mass is 522 g/mol. The molecule has 0 aliphatic carbocycles. The van der Waals surface area contributed by atoms with Gasteiger partial charge in [-0.05, 0) is 55.8 Å². The number of hydrogen-bond acceptors (Lipinski definition) is 6. The van der Waals surface area contributed by atoms with Gasteiger partial charge in [0.1, 0.15) is 5.57 Å². The van der Waals surface area contributed by atoms with Crippen LogP contribution in [0.25, 0.3) is 6.08 Å². The van der Waals surface area contributed by atoms with Gasteiger partial charge < -0.3 is 14.2 Å².